The number of urea groups is 1. The quantitative estimate of drug-likeness (QED) is 0.880. The Balaban J connectivity index is 1.50. The molecule has 5 nitrogen and oxygen atoms in total. The predicted molar refractivity (Wildman–Crippen MR) is 105 cm³/mol. The molecule has 1 heterocycles. The number of nitrogens with zero attached hydrogens (tertiary/aromatic N) is 2. The first kappa shape index (κ1) is 18.5. The lowest BCUT2D eigenvalue weighted by molar-refractivity contribution is 0.143. The van der Waals surface area contributed by atoms with Gasteiger partial charge in [0.2, 0.25) is 0 Å². The van der Waals surface area contributed by atoms with Crippen LogP contribution in [0, 0.1) is 6.92 Å². The normalized spacial score (nSPS) is 15.0. The van der Waals surface area contributed by atoms with Gasteiger partial charge in [0.25, 0.3) is 0 Å². The van der Waals surface area contributed by atoms with Crippen molar-refractivity contribution in [2.24, 2.45) is 0 Å². The van der Waals surface area contributed by atoms with Gasteiger partial charge in [-0.3, -0.25) is 4.90 Å². The number of hydrogen-bond donors (Lipinski definition) is 1. The molecule has 1 saturated heterocycles. The van der Waals surface area contributed by atoms with E-state index >= 15 is 0 Å². The van der Waals surface area contributed by atoms with Crippen LogP contribution in [-0.2, 0) is 6.54 Å². The summed E-state index contributed by atoms with van der Waals surface area (Å²) in [5, 5.41) is 3.58. The van der Waals surface area contributed by atoms with Crippen LogP contribution < -0.4 is 10.1 Å². The Hall–Kier alpha value is -2.24. The maximum atomic E-state index is 12.4. The first-order valence-corrected chi connectivity index (χ1v) is 9.10. The molecule has 3 rings (SSSR count). The van der Waals surface area contributed by atoms with E-state index in [2.05, 4.69) is 29.3 Å². The standard InChI is InChI=1S/C20H24ClN3O2/c1-15-13-16(3-8-19(15)26-2)14-23-9-11-24(12-10-23)20(25)22-18-6-4-17(21)5-7-18/h3-8,13H,9-12,14H2,1-2H3,(H,22,25). The number of hydrogen-bond acceptors (Lipinski definition) is 3. The number of rotatable bonds is 4. The molecule has 1 aliphatic rings. The van der Waals surface area contributed by atoms with E-state index in [0.717, 1.165) is 36.6 Å². The second kappa shape index (κ2) is 8.43. The topological polar surface area (TPSA) is 44.8 Å². The van der Waals surface area contributed by atoms with Gasteiger partial charge in [0, 0.05) is 43.4 Å². The molecule has 2 amide bonds. The van der Waals surface area contributed by atoms with Crippen molar-refractivity contribution >= 4 is 23.3 Å². The van der Waals surface area contributed by atoms with Gasteiger partial charge in [0.05, 0.1) is 7.11 Å². The molecule has 0 bridgehead atoms. The lowest BCUT2D eigenvalue weighted by Gasteiger charge is -2.34. The number of methoxy groups -OCH3 is 1. The van der Waals surface area contributed by atoms with Gasteiger partial charge in [-0.2, -0.15) is 0 Å². The summed E-state index contributed by atoms with van der Waals surface area (Å²) in [5.74, 6) is 0.914. The number of halogens is 1. The average molecular weight is 374 g/mol. The lowest BCUT2D eigenvalue weighted by Crippen LogP contribution is -2.49. The van der Waals surface area contributed by atoms with Crippen LogP contribution in [0.25, 0.3) is 0 Å². The van der Waals surface area contributed by atoms with Crippen LogP contribution >= 0.6 is 11.6 Å². The number of ether oxygens (including phenoxy) is 1. The maximum absolute atomic E-state index is 12.4. The second-order valence-corrected chi connectivity index (χ2v) is 6.94. The maximum Gasteiger partial charge on any atom is 0.321 e. The van der Waals surface area contributed by atoms with Crippen molar-refractivity contribution in [3.05, 3.63) is 58.6 Å². The smallest absolute Gasteiger partial charge is 0.321 e. The fourth-order valence-electron chi connectivity index (χ4n) is 3.14. The largest absolute Gasteiger partial charge is 0.496 e. The number of aryl methyl sites for hydroxylation is 1. The van der Waals surface area contributed by atoms with E-state index in [4.69, 9.17) is 16.3 Å². The van der Waals surface area contributed by atoms with Crippen molar-refractivity contribution in [3.63, 3.8) is 0 Å². The summed E-state index contributed by atoms with van der Waals surface area (Å²) in [4.78, 5) is 16.6. The zero-order chi connectivity index (χ0) is 18.5. The third kappa shape index (κ3) is 4.68. The van der Waals surface area contributed by atoms with E-state index < -0.39 is 0 Å². The molecule has 0 radical (unpaired) electrons. The van der Waals surface area contributed by atoms with Crippen molar-refractivity contribution in [2.75, 3.05) is 38.6 Å². The number of anilines is 1. The molecular formula is C20H24ClN3O2. The highest BCUT2D eigenvalue weighted by Gasteiger charge is 2.21. The molecule has 1 aliphatic heterocycles. The lowest BCUT2D eigenvalue weighted by atomic mass is 10.1. The van der Waals surface area contributed by atoms with E-state index in [1.54, 1.807) is 19.2 Å². The van der Waals surface area contributed by atoms with Crippen molar-refractivity contribution in [1.29, 1.82) is 0 Å². The fraction of sp³-hybridized carbons (Fsp3) is 0.350. The number of piperazine rings is 1. The molecule has 0 spiro atoms. The van der Waals surface area contributed by atoms with Crippen LogP contribution in [0.1, 0.15) is 11.1 Å². The average Bonchev–Trinajstić information content (AvgIpc) is 2.64. The summed E-state index contributed by atoms with van der Waals surface area (Å²) >= 11 is 5.87. The van der Waals surface area contributed by atoms with Gasteiger partial charge in [-0.1, -0.05) is 23.7 Å². The minimum atomic E-state index is -0.0627. The second-order valence-electron chi connectivity index (χ2n) is 6.50. The Morgan fingerprint density at radius 2 is 1.81 bits per heavy atom. The SMILES string of the molecule is COc1ccc(CN2CCN(C(=O)Nc3ccc(Cl)cc3)CC2)cc1C. The van der Waals surface area contributed by atoms with Crippen LogP contribution in [0.4, 0.5) is 10.5 Å². The molecule has 0 aliphatic carbocycles. The van der Waals surface area contributed by atoms with Crippen molar-refractivity contribution < 1.29 is 9.53 Å². The van der Waals surface area contributed by atoms with E-state index in [9.17, 15) is 4.79 Å². The Morgan fingerprint density at radius 1 is 1.12 bits per heavy atom. The first-order chi connectivity index (χ1) is 12.5. The van der Waals surface area contributed by atoms with E-state index in [-0.39, 0.29) is 6.03 Å². The molecule has 2 aromatic rings. The zero-order valence-corrected chi connectivity index (χ0v) is 15.9. The van der Waals surface area contributed by atoms with Gasteiger partial charge in [0.1, 0.15) is 5.75 Å². The Morgan fingerprint density at radius 3 is 2.42 bits per heavy atom. The number of amides is 2. The van der Waals surface area contributed by atoms with Crippen LogP contribution in [0.5, 0.6) is 5.75 Å². The molecule has 26 heavy (non-hydrogen) atoms. The van der Waals surface area contributed by atoms with Crippen molar-refractivity contribution in [1.82, 2.24) is 9.80 Å². The van der Waals surface area contributed by atoms with Gasteiger partial charge < -0.3 is 15.0 Å². The Labute approximate surface area is 159 Å². The van der Waals surface area contributed by atoms with Crippen LogP contribution in [0.15, 0.2) is 42.5 Å². The molecule has 0 saturated carbocycles. The summed E-state index contributed by atoms with van der Waals surface area (Å²) in [7, 11) is 1.69. The highest BCUT2D eigenvalue weighted by atomic mass is 35.5. The summed E-state index contributed by atoms with van der Waals surface area (Å²) in [5.41, 5.74) is 3.17. The highest BCUT2D eigenvalue weighted by molar-refractivity contribution is 6.30. The van der Waals surface area contributed by atoms with Gasteiger partial charge in [-0.15, -0.1) is 0 Å². The molecule has 0 aromatic heterocycles. The molecule has 1 N–H and O–H groups in total. The third-order valence-corrected chi connectivity index (χ3v) is 4.87. The van der Waals surface area contributed by atoms with E-state index in [0.29, 0.717) is 18.1 Å². The summed E-state index contributed by atoms with van der Waals surface area (Å²) in [6, 6.07) is 13.4. The van der Waals surface area contributed by atoms with E-state index in [1.165, 1.54) is 5.56 Å². The number of benzene rings is 2. The molecule has 0 unspecified atom stereocenters. The van der Waals surface area contributed by atoms with Crippen LogP contribution in [-0.4, -0.2) is 49.1 Å². The highest BCUT2D eigenvalue weighted by Crippen LogP contribution is 2.20. The zero-order valence-electron chi connectivity index (χ0n) is 15.2. The first-order valence-electron chi connectivity index (χ1n) is 8.72. The number of carbonyl (C=O) groups excluding carboxylic acids is 1. The number of nitrogens with one attached hydrogen (secondary N) is 1. The fourth-order valence-corrected chi connectivity index (χ4v) is 3.27. The Kier molecular flexibility index (Phi) is 6.01. The predicted octanol–water partition coefficient (Wildman–Crippen LogP) is 4.01. The van der Waals surface area contributed by atoms with Gasteiger partial charge in [0.15, 0.2) is 0 Å². The summed E-state index contributed by atoms with van der Waals surface area (Å²) in [6.45, 7) is 6.10. The molecular weight excluding hydrogens is 350 g/mol. The van der Waals surface area contributed by atoms with Gasteiger partial charge >= 0.3 is 6.03 Å². The van der Waals surface area contributed by atoms with Crippen LogP contribution in [0.3, 0.4) is 0 Å². The van der Waals surface area contributed by atoms with E-state index in [1.807, 2.05) is 23.1 Å². The van der Waals surface area contributed by atoms with Crippen molar-refractivity contribution in [3.8, 4) is 5.75 Å². The minimum Gasteiger partial charge on any atom is -0.496 e. The molecule has 2 aromatic carbocycles. The molecule has 138 valence electrons. The van der Waals surface area contributed by atoms with Crippen LogP contribution in [0.2, 0.25) is 5.02 Å². The number of carbonyl (C=O) groups is 1. The monoisotopic (exact) mass is 373 g/mol. The molecule has 6 heteroatoms. The minimum absolute atomic E-state index is 0.0627. The Bertz CT molecular complexity index is 756. The van der Waals surface area contributed by atoms with Crippen molar-refractivity contribution in [2.45, 2.75) is 13.5 Å². The van der Waals surface area contributed by atoms with Gasteiger partial charge in [-0.25, -0.2) is 4.79 Å². The third-order valence-electron chi connectivity index (χ3n) is 4.62. The summed E-state index contributed by atoms with van der Waals surface area (Å²) < 4.78 is 5.31. The molecule has 1 fully saturated rings. The van der Waals surface area contributed by atoms with Gasteiger partial charge in [-0.05, 0) is 48.4 Å². The molecule has 0 atom stereocenters. The summed E-state index contributed by atoms with van der Waals surface area (Å²) in [6.07, 6.45) is 0.